The lowest BCUT2D eigenvalue weighted by Gasteiger charge is -2.21. The van der Waals surface area contributed by atoms with Crippen LogP contribution in [0, 0.1) is 12.8 Å². The molecule has 2 heterocycles. The number of amides is 3. The van der Waals surface area contributed by atoms with Crippen molar-refractivity contribution in [2.45, 2.75) is 46.5 Å². The average molecular weight is 522 g/mol. The molecule has 1 atom stereocenters. The molecule has 0 bridgehead atoms. The molecule has 1 N–H and O–H groups in total. The quantitative estimate of drug-likeness (QED) is 0.335. The molecule has 0 aromatic heterocycles. The first-order valence-corrected chi connectivity index (χ1v) is 13.6. The molecule has 2 aromatic rings. The fraction of sp³-hybridized carbons (Fsp3) is 0.357. The van der Waals surface area contributed by atoms with Crippen molar-refractivity contribution < 1.29 is 14.4 Å². The molecule has 0 radical (unpaired) electrons. The summed E-state index contributed by atoms with van der Waals surface area (Å²) in [6.45, 7) is 6.62. The normalized spacial score (nSPS) is 18.1. The summed E-state index contributed by atoms with van der Waals surface area (Å²) in [4.78, 5) is 43.5. The molecule has 2 aromatic carbocycles. The average Bonchev–Trinajstić information content (AvgIpc) is 3.30. The van der Waals surface area contributed by atoms with Crippen molar-refractivity contribution in [1.82, 2.24) is 4.90 Å². The molecule has 6 nitrogen and oxygen atoms in total. The van der Waals surface area contributed by atoms with Gasteiger partial charge in [0.1, 0.15) is 10.9 Å². The van der Waals surface area contributed by atoms with Crippen LogP contribution >= 0.6 is 24.0 Å². The number of hydrogen-bond acceptors (Lipinski definition) is 5. The van der Waals surface area contributed by atoms with E-state index >= 15 is 0 Å². The van der Waals surface area contributed by atoms with E-state index < -0.39 is 0 Å². The summed E-state index contributed by atoms with van der Waals surface area (Å²) in [6, 6.07) is 14.8. The van der Waals surface area contributed by atoms with Gasteiger partial charge in [0.15, 0.2) is 0 Å². The minimum atomic E-state index is -0.352. The number of hydrogen-bond donors (Lipinski definition) is 1. The summed E-state index contributed by atoms with van der Waals surface area (Å²) < 4.78 is 0.485. The Morgan fingerprint density at radius 1 is 1.03 bits per heavy atom. The van der Waals surface area contributed by atoms with Crippen molar-refractivity contribution in [1.29, 1.82) is 0 Å². The summed E-state index contributed by atoms with van der Waals surface area (Å²) in [5.74, 6) is -0.507. The van der Waals surface area contributed by atoms with E-state index in [0.29, 0.717) is 44.2 Å². The van der Waals surface area contributed by atoms with Gasteiger partial charge in [-0.1, -0.05) is 93.5 Å². The lowest BCUT2D eigenvalue weighted by Crippen LogP contribution is -2.36. The number of aryl methyl sites for hydroxylation is 1. The van der Waals surface area contributed by atoms with Gasteiger partial charge in [-0.2, -0.15) is 0 Å². The third-order valence-electron chi connectivity index (χ3n) is 6.70. The second kappa shape index (κ2) is 11.4. The van der Waals surface area contributed by atoms with Crippen LogP contribution in [0.5, 0.6) is 0 Å². The topological polar surface area (TPSA) is 69.7 Å². The number of carbonyl (C=O) groups excluding carboxylic acids is 3. The summed E-state index contributed by atoms with van der Waals surface area (Å²) in [6.07, 6.45) is 4.23. The van der Waals surface area contributed by atoms with Gasteiger partial charge in [-0.05, 0) is 37.0 Å². The minimum absolute atomic E-state index is 0.150. The Morgan fingerprint density at radius 2 is 1.75 bits per heavy atom. The Hall–Kier alpha value is -2.97. The maximum atomic E-state index is 13.6. The van der Waals surface area contributed by atoms with Gasteiger partial charge in [0.2, 0.25) is 5.91 Å². The summed E-state index contributed by atoms with van der Waals surface area (Å²) in [5, 5.41) is 2.89. The highest BCUT2D eigenvalue weighted by molar-refractivity contribution is 8.26. The highest BCUT2D eigenvalue weighted by atomic mass is 32.2. The van der Waals surface area contributed by atoms with Crippen LogP contribution in [-0.2, 0) is 14.4 Å². The third kappa shape index (κ3) is 5.25. The molecule has 0 aliphatic carbocycles. The molecule has 8 heteroatoms. The Morgan fingerprint density at radius 3 is 2.47 bits per heavy atom. The largest absolute Gasteiger partial charge is 0.324 e. The van der Waals surface area contributed by atoms with E-state index in [9.17, 15) is 14.4 Å². The van der Waals surface area contributed by atoms with Crippen LogP contribution in [-0.4, -0.2) is 40.0 Å². The van der Waals surface area contributed by atoms with E-state index in [1.54, 1.807) is 11.0 Å². The molecule has 0 saturated carbocycles. The minimum Gasteiger partial charge on any atom is -0.324 e. The third-order valence-corrected chi connectivity index (χ3v) is 8.15. The van der Waals surface area contributed by atoms with Gasteiger partial charge < -0.3 is 5.32 Å². The molecule has 3 amide bonds. The number of unbranched alkanes of at least 4 members (excludes halogenated alkanes) is 1. The van der Waals surface area contributed by atoms with Crippen LogP contribution in [0.2, 0.25) is 0 Å². The number of thioether (sulfide) groups is 1. The Balaban J connectivity index is 1.60. The molecule has 2 aliphatic heterocycles. The number of fused-ring (bicyclic) bond motifs is 1. The second-order valence-electron chi connectivity index (χ2n) is 9.18. The highest BCUT2D eigenvalue weighted by Gasteiger charge is 2.42. The zero-order valence-electron chi connectivity index (χ0n) is 20.9. The Bertz CT molecular complexity index is 1240. The fourth-order valence-electron chi connectivity index (χ4n) is 4.59. The maximum absolute atomic E-state index is 13.6. The molecular weight excluding hydrogens is 490 g/mol. The highest BCUT2D eigenvalue weighted by Crippen LogP contribution is 2.44. The SMILES string of the molecule is CCCCC(CC)CN1C(=O)/C(=C2/C(=O)N(CC(=O)Nc3ccccc3C)c3ccccc32)SC1=S. The first kappa shape index (κ1) is 26.1. The van der Waals surface area contributed by atoms with E-state index in [0.717, 1.165) is 31.2 Å². The zero-order chi connectivity index (χ0) is 25.8. The predicted octanol–water partition coefficient (Wildman–Crippen LogP) is 5.77. The van der Waals surface area contributed by atoms with Crippen LogP contribution in [0.15, 0.2) is 53.4 Å². The number of benzene rings is 2. The number of anilines is 2. The molecule has 1 unspecified atom stereocenters. The van der Waals surface area contributed by atoms with Crippen LogP contribution in [0.25, 0.3) is 5.57 Å². The van der Waals surface area contributed by atoms with E-state index in [2.05, 4.69) is 19.2 Å². The molecule has 0 spiro atoms. The Labute approximate surface area is 222 Å². The van der Waals surface area contributed by atoms with Gasteiger partial charge in [0.25, 0.3) is 11.8 Å². The standard InChI is InChI=1S/C28H31N3O3S2/c1-4-6-12-19(5-2)16-31-27(34)25(36-28(31)35)24-20-13-8-10-15-22(20)30(26(24)33)17-23(32)29-21-14-9-7-11-18(21)3/h7-11,13-15,19H,4-6,12,16-17H2,1-3H3,(H,29,32)/b25-24-. The zero-order valence-corrected chi connectivity index (χ0v) is 22.5. The van der Waals surface area contributed by atoms with E-state index in [4.69, 9.17) is 12.2 Å². The molecular formula is C28H31N3O3S2. The summed E-state index contributed by atoms with van der Waals surface area (Å²) in [7, 11) is 0. The van der Waals surface area contributed by atoms with Crippen molar-refractivity contribution in [2.75, 3.05) is 23.3 Å². The second-order valence-corrected chi connectivity index (χ2v) is 10.8. The van der Waals surface area contributed by atoms with Gasteiger partial charge in [0, 0.05) is 17.8 Å². The number of nitrogens with one attached hydrogen (secondary N) is 1. The first-order chi connectivity index (χ1) is 17.3. The van der Waals surface area contributed by atoms with Gasteiger partial charge in [0.05, 0.1) is 16.2 Å². The molecule has 2 aliphatic rings. The van der Waals surface area contributed by atoms with Gasteiger partial charge in [-0.15, -0.1) is 0 Å². The van der Waals surface area contributed by atoms with Crippen LogP contribution < -0.4 is 10.2 Å². The number of thiocarbonyl (C=S) groups is 1. The van der Waals surface area contributed by atoms with Crippen LogP contribution in [0.3, 0.4) is 0 Å². The lowest BCUT2D eigenvalue weighted by molar-refractivity contribution is -0.123. The molecule has 188 valence electrons. The number of nitrogens with zero attached hydrogens (tertiary/aromatic N) is 2. The summed E-state index contributed by atoms with van der Waals surface area (Å²) in [5.41, 5.74) is 3.25. The fourth-order valence-corrected chi connectivity index (χ4v) is 5.93. The molecule has 4 rings (SSSR count). The summed E-state index contributed by atoms with van der Waals surface area (Å²) >= 11 is 6.76. The number of rotatable bonds is 9. The van der Waals surface area contributed by atoms with Crippen molar-refractivity contribution in [2.24, 2.45) is 5.92 Å². The molecule has 36 heavy (non-hydrogen) atoms. The van der Waals surface area contributed by atoms with Crippen molar-refractivity contribution in [3.63, 3.8) is 0 Å². The molecule has 1 fully saturated rings. The van der Waals surface area contributed by atoms with Crippen molar-refractivity contribution in [3.05, 3.63) is 64.6 Å². The van der Waals surface area contributed by atoms with Gasteiger partial charge >= 0.3 is 0 Å². The number of para-hydroxylation sites is 2. The first-order valence-electron chi connectivity index (χ1n) is 12.4. The van der Waals surface area contributed by atoms with E-state index in [1.165, 1.54) is 16.7 Å². The monoisotopic (exact) mass is 521 g/mol. The van der Waals surface area contributed by atoms with Crippen LogP contribution in [0.1, 0.15) is 50.7 Å². The predicted molar refractivity (Wildman–Crippen MR) is 151 cm³/mol. The Kier molecular flexibility index (Phi) is 8.26. The van der Waals surface area contributed by atoms with Crippen molar-refractivity contribution >= 4 is 63.0 Å². The van der Waals surface area contributed by atoms with E-state index in [-0.39, 0.29) is 24.3 Å². The lowest BCUT2D eigenvalue weighted by atomic mass is 9.98. The van der Waals surface area contributed by atoms with Crippen LogP contribution in [0.4, 0.5) is 11.4 Å². The van der Waals surface area contributed by atoms with Gasteiger partial charge in [-0.3, -0.25) is 24.2 Å². The number of carbonyl (C=O) groups is 3. The molecule has 1 saturated heterocycles. The maximum Gasteiger partial charge on any atom is 0.267 e. The smallest absolute Gasteiger partial charge is 0.267 e. The van der Waals surface area contributed by atoms with Crippen molar-refractivity contribution in [3.8, 4) is 0 Å². The van der Waals surface area contributed by atoms with Gasteiger partial charge in [-0.25, -0.2) is 0 Å². The van der Waals surface area contributed by atoms with E-state index in [1.807, 2.05) is 49.4 Å².